The van der Waals surface area contributed by atoms with Gasteiger partial charge < -0.3 is 34.3 Å². The van der Waals surface area contributed by atoms with Gasteiger partial charge in [-0.25, -0.2) is 0 Å². The van der Waals surface area contributed by atoms with Gasteiger partial charge in [-0.2, -0.15) is 0 Å². The number of ether oxygens (including phenoxy) is 5. The Labute approximate surface area is 179 Å². The van der Waals surface area contributed by atoms with Crippen molar-refractivity contribution in [3.8, 4) is 0 Å². The molecule has 2 N–H and O–H groups in total. The standard InChI is InChI=1S/C19H25N3O7S/c1-18(2)25-9-12(27-18)14-13(15-16(26-14)29-19(3,4)28-15)21-17(30)20-10-6-5-7-11(8-10)22(23)24/h5-8,12-16H,9H2,1-4H3,(H2,20,21,30)/t12-,13-,14-,15-,16-/m1/s1. The molecule has 3 saturated heterocycles. The normalized spacial score (nSPS) is 33.8. The summed E-state index contributed by atoms with van der Waals surface area (Å²) in [4.78, 5) is 10.5. The highest BCUT2D eigenvalue weighted by atomic mass is 32.1. The number of nitro benzene ring substituents is 1. The molecule has 164 valence electrons. The molecule has 5 atom stereocenters. The molecule has 4 rings (SSSR count). The van der Waals surface area contributed by atoms with E-state index in [0.29, 0.717) is 12.3 Å². The van der Waals surface area contributed by atoms with E-state index in [1.54, 1.807) is 12.1 Å². The zero-order chi connectivity index (χ0) is 21.7. The molecule has 0 aliphatic carbocycles. The Morgan fingerprint density at radius 3 is 2.60 bits per heavy atom. The fourth-order valence-electron chi connectivity index (χ4n) is 3.91. The van der Waals surface area contributed by atoms with Gasteiger partial charge in [0.2, 0.25) is 0 Å². The Kier molecular flexibility index (Phi) is 5.45. The second kappa shape index (κ2) is 7.66. The first-order valence-electron chi connectivity index (χ1n) is 9.68. The molecule has 3 aliphatic rings. The van der Waals surface area contributed by atoms with Crippen LogP contribution in [0.1, 0.15) is 27.7 Å². The van der Waals surface area contributed by atoms with E-state index in [0.717, 1.165) is 0 Å². The summed E-state index contributed by atoms with van der Waals surface area (Å²) in [5, 5.41) is 17.5. The van der Waals surface area contributed by atoms with Crippen molar-refractivity contribution >= 4 is 28.7 Å². The Hall–Kier alpha value is -1.89. The summed E-state index contributed by atoms with van der Waals surface area (Å²) < 4.78 is 29.7. The SMILES string of the molecule is CC1(C)O[C@H]2O[C@H]([C@H]3COC(C)(C)O3)[C@@H](NC(=S)Nc3cccc([N+](=O)[O-])c3)[C@H]2O1. The third-order valence-corrected chi connectivity index (χ3v) is 5.32. The van der Waals surface area contributed by atoms with Crippen molar-refractivity contribution in [3.63, 3.8) is 0 Å². The lowest BCUT2D eigenvalue weighted by Gasteiger charge is -2.30. The van der Waals surface area contributed by atoms with Crippen molar-refractivity contribution in [2.45, 2.75) is 69.9 Å². The van der Waals surface area contributed by atoms with Crippen LogP contribution < -0.4 is 10.6 Å². The number of hydrogen-bond acceptors (Lipinski definition) is 8. The van der Waals surface area contributed by atoms with Crippen LogP contribution in [-0.2, 0) is 23.7 Å². The maximum absolute atomic E-state index is 11.0. The minimum Gasteiger partial charge on any atom is -0.354 e. The number of nitrogens with zero attached hydrogens (tertiary/aromatic N) is 1. The second-order valence-corrected chi connectivity index (χ2v) is 8.78. The van der Waals surface area contributed by atoms with Gasteiger partial charge in [-0.3, -0.25) is 10.1 Å². The molecule has 11 heteroatoms. The zero-order valence-electron chi connectivity index (χ0n) is 17.1. The number of nitro groups is 1. The number of hydrogen-bond donors (Lipinski definition) is 2. The predicted molar refractivity (Wildman–Crippen MR) is 110 cm³/mol. The Bertz CT molecular complexity index is 849. The molecule has 1 aromatic carbocycles. The number of thiocarbonyl (C=S) groups is 1. The first-order valence-corrected chi connectivity index (χ1v) is 10.1. The first kappa shape index (κ1) is 21.3. The molecule has 3 fully saturated rings. The van der Waals surface area contributed by atoms with Crippen LogP contribution in [0, 0.1) is 10.1 Å². The number of non-ortho nitro benzene ring substituents is 1. The molecule has 1 aromatic rings. The van der Waals surface area contributed by atoms with Crippen LogP contribution >= 0.6 is 12.2 Å². The van der Waals surface area contributed by atoms with Crippen molar-refractivity contribution in [2.24, 2.45) is 0 Å². The number of nitrogens with one attached hydrogen (secondary N) is 2. The van der Waals surface area contributed by atoms with E-state index in [1.807, 2.05) is 27.7 Å². The minimum atomic E-state index is -0.790. The molecule has 0 bridgehead atoms. The fourth-order valence-corrected chi connectivity index (χ4v) is 4.16. The summed E-state index contributed by atoms with van der Waals surface area (Å²) in [6.07, 6.45) is -1.75. The average molecular weight is 439 g/mol. The van der Waals surface area contributed by atoms with Gasteiger partial charge in [0.05, 0.1) is 17.6 Å². The molecule has 0 saturated carbocycles. The second-order valence-electron chi connectivity index (χ2n) is 8.37. The van der Waals surface area contributed by atoms with E-state index in [-0.39, 0.29) is 22.9 Å². The molecule has 0 aromatic heterocycles. The van der Waals surface area contributed by atoms with Gasteiger partial charge in [0.25, 0.3) is 5.69 Å². The zero-order valence-corrected chi connectivity index (χ0v) is 17.9. The van der Waals surface area contributed by atoms with Crippen LogP contribution in [0.5, 0.6) is 0 Å². The van der Waals surface area contributed by atoms with E-state index in [9.17, 15) is 10.1 Å². The molecule has 30 heavy (non-hydrogen) atoms. The van der Waals surface area contributed by atoms with Crippen LogP contribution in [0.25, 0.3) is 0 Å². The van der Waals surface area contributed by atoms with Crippen molar-refractivity contribution in [1.29, 1.82) is 0 Å². The molecule has 0 radical (unpaired) electrons. The lowest BCUT2D eigenvalue weighted by molar-refractivity contribution is -0.384. The maximum Gasteiger partial charge on any atom is 0.271 e. The maximum atomic E-state index is 11.0. The fraction of sp³-hybridized carbons (Fsp3) is 0.632. The Balaban J connectivity index is 1.49. The lowest BCUT2D eigenvalue weighted by atomic mass is 10.0. The highest BCUT2D eigenvalue weighted by molar-refractivity contribution is 7.80. The minimum absolute atomic E-state index is 0.0297. The van der Waals surface area contributed by atoms with Gasteiger partial charge in [0.15, 0.2) is 23.0 Å². The monoisotopic (exact) mass is 439 g/mol. The Morgan fingerprint density at radius 1 is 1.17 bits per heavy atom. The van der Waals surface area contributed by atoms with Crippen LogP contribution in [-0.4, -0.2) is 58.9 Å². The van der Waals surface area contributed by atoms with E-state index < -0.39 is 35.0 Å². The van der Waals surface area contributed by atoms with Gasteiger partial charge in [0.1, 0.15) is 18.3 Å². The average Bonchev–Trinajstić information content (AvgIpc) is 3.25. The quantitative estimate of drug-likeness (QED) is 0.411. The predicted octanol–water partition coefficient (Wildman–Crippen LogP) is 2.28. The number of anilines is 1. The van der Waals surface area contributed by atoms with E-state index in [4.69, 9.17) is 35.9 Å². The number of benzene rings is 1. The smallest absolute Gasteiger partial charge is 0.271 e. The van der Waals surface area contributed by atoms with Crippen LogP contribution in [0.15, 0.2) is 24.3 Å². The molecular formula is C19H25N3O7S. The van der Waals surface area contributed by atoms with E-state index >= 15 is 0 Å². The highest BCUT2D eigenvalue weighted by Gasteiger charge is 2.58. The molecule has 0 amide bonds. The van der Waals surface area contributed by atoms with Gasteiger partial charge in [-0.15, -0.1) is 0 Å². The largest absolute Gasteiger partial charge is 0.354 e. The van der Waals surface area contributed by atoms with Crippen LogP contribution in [0.4, 0.5) is 11.4 Å². The topological polar surface area (TPSA) is 113 Å². The van der Waals surface area contributed by atoms with E-state index in [2.05, 4.69) is 10.6 Å². The summed E-state index contributed by atoms with van der Waals surface area (Å²) in [5.74, 6) is -1.50. The summed E-state index contributed by atoms with van der Waals surface area (Å²) in [6.45, 7) is 7.69. The first-order chi connectivity index (χ1) is 14.0. The lowest BCUT2D eigenvalue weighted by Crippen LogP contribution is -2.53. The third-order valence-electron chi connectivity index (χ3n) is 5.10. The van der Waals surface area contributed by atoms with Crippen molar-refractivity contribution in [3.05, 3.63) is 34.4 Å². The van der Waals surface area contributed by atoms with Gasteiger partial charge in [0, 0.05) is 17.8 Å². The van der Waals surface area contributed by atoms with Gasteiger partial charge in [-0.1, -0.05) is 6.07 Å². The molecule has 3 aliphatic heterocycles. The molecule has 0 unspecified atom stereocenters. The van der Waals surface area contributed by atoms with Crippen molar-refractivity contribution in [2.75, 3.05) is 11.9 Å². The third kappa shape index (κ3) is 4.41. The Morgan fingerprint density at radius 2 is 1.93 bits per heavy atom. The summed E-state index contributed by atoms with van der Waals surface area (Å²) in [7, 11) is 0. The van der Waals surface area contributed by atoms with Crippen molar-refractivity contribution < 1.29 is 28.6 Å². The molecule has 10 nitrogen and oxygen atoms in total. The molecule has 3 heterocycles. The summed E-state index contributed by atoms with van der Waals surface area (Å²) in [6, 6.07) is 5.73. The van der Waals surface area contributed by atoms with Crippen LogP contribution in [0.3, 0.4) is 0 Å². The number of fused-ring (bicyclic) bond motifs is 1. The number of rotatable bonds is 4. The van der Waals surface area contributed by atoms with Gasteiger partial charge >= 0.3 is 0 Å². The highest BCUT2D eigenvalue weighted by Crippen LogP contribution is 2.40. The van der Waals surface area contributed by atoms with E-state index in [1.165, 1.54) is 12.1 Å². The summed E-state index contributed by atoms with van der Waals surface area (Å²) >= 11 is 5.46. The van der Waals surface area contributed by atoms with Gasteiger partial charge in [-0.05, 0) is 46.0 Å². The summed E-state index contributed by atoms with van der Waals surface area (Å²) in [5.41, 5.74) is 0.470. The van der Waals surface area contributed by atoms with Crippen LogP contribution in [0.2, 0.25) is 0 Å². The molecular weight excluding hydrogens is 414 g/mol. The van der Waals surface area contributed by atoms with Crippen molar-refractivity contribution in [1.82, 2.24) is 5.32 Å². The molecule has 0 spiro atoms.